The van der Waals surface area contributed by atoms with Crippen molar-refractivity contribution >= 4 is 32.8 Å². The molecule has 1 fully saturated rings. The second-order valence-electron chi connectivity index (χ2n) is 5.14. The molecule has 1 heterocycles. The summed E-state index contributed by atoms with van der Waals surface area (Å²) >= 11 is 5.50. The lowest BCUT2D eigenvalue weighted by Gasteiger charge is -2.14. The van der Waals surface area contributed by atoms with Crippen LogP contribution in [-0.4, -0.2) is 23.8 Å². The van der Waals surface area contributed by atoms with E-state index in [-0.39, 0.29) is 11.4 Å². The van der Waals surface area contributed by atoms with Crippen LogP contribution >= 0.6 is 11.6 Å². The second kappa shape index (κ2) is 5.97. The summed E-state index contributed by atoms with van der Waals surface area (Å²) < 4.78 is 21.7. The van der Waals surface area contributed by atoms with E-state index in [0.717, 1.165) is 12.8 Å². The van der Waals surface area contributed by atoms with E-state index in [4.69, 9.17) is 17.3 Å². The fourth-order valence-corrected chi connectivity index (χ4v) is 3.49. The molecular formula is C12H17ClN2O4S. The van der Waals surface area contributed by atoms with Gasteiger partial charge >= 0.3 is 0 Å². The summed E-state index contributed by atoms with van der Waals surface area (Å²) in [6, 6.07) is 4.13. The third kappa shape index (κ3) is 3.83. The van der Waals surface area contributed by atoms with Crippen molar-refractivity contribution in [3.8, 4) is 0 Å². The number of nitrogens with two attached hydrogens (primary N) is 1. The summed E-state index contributed by atoms with van der Waals surface area (Å²) in [5.41, 5.74) is 5.26. The first kappa shape index (κ1) is 16.7. The number of halogens is 1. The molecule has 112 valence electrons. The normalized spacial score (nSPS) is 18.9. The lowest BCUT2D eigenvalue weighted by atomic mass is 10.1. The zero-order chi connectivity index (χ0) is 15.6. The number of nitrogen functional groups attached to an aromatic ring is 1. The monoisotopic (exact) mass is 320 g/mol. The zero-order valence-electron chi connectivity index (χ0n) is 11.3. The number of benzene rings is 1. The van der Waals surface area contributed by atoms with Gasteiger partial charge in [0.15, 0.2) is 9.84 Å². The van der Waals surface area contributed by atoms with Crippen molar-refractivity contribution in [2.45, 2.75) is 31.4 Å². The molecule has 0 aromatic heterocycles. The molecule has 6 nitrogen and oxygen atoms in total. The predicted molar refractivity (Wildman–Crippen MR) is 79.6 cm³/mol. The van der Waals surface area contributed by atoms with Crippen molar-refractivity contribution in [2.75, 3.05) is 11.5 Å². The molecule has 2 N–H and O–H groups in total. The van der Waals surface area contributed by atoms with Gasteiger partial charge in [-0.25, -0.2) is 8.42 Å². The van der Waals surface area contributed by atoms with E-state index in [0.29, 0.717) is 10.8 Å². The van der Waals surface area contributed by atoms with E-state index < -0.39 is 19.5 Å². The van der Waals surface area contributed by atoms with E-state index in [2.05, 4.69) is 0 Å². The highest BCUT2D eigenvalue weighted by molar-refractivity contribution is 7.93. The second-order valence-corrected chi connectivity index (χ2v) is 8.32. The molecule has 1 aromatic rings. The number of hydrogen-bond acceptors (Lipinski definition) is 5. The van der Waals surface area contributed by atoms with Gasteiger partial charge in [-0.05, 0) is 38.8 Å². The lowest BCUT2D eigenvalue weighted by Crippen LogP contribution is -2.26. The first-order chi connectivity index (χ1) is 9.07. The van der Waals surface area contributed by atoms with Crippen molar-refractivity contribution in [1.82, 2.24) is 0 Å². The largest absolute Gasteiger partial charge is 0.393 e. The molecule has 0 aliphatic carbocycles. The van der Waals surface area contributed by atoms with Gasteiger partial charge in [0.25, 0.3) is 5.69 Å². The van der Waals surface area contributed by atoms with E-state index in [9.17, 15) is 18.5 Å². The Labute approximate surface area is 123 Å². The van der Waals surface area contributed by atoms with Crippen LogP contribution in [0.4, 0.5) is 11.4 Å². The first-order valence-corrected chi connectivity index (χ1v) is 8.01. The minimum absolute atomic E-state index is 0.124. The Morgan fingerprint density at radius 1 is 1.40 bits per heavy atom. The molecule has 1 aromatic carbocycles. The van der Waals surface area contributed by atoms with Crippen molar-refractivity contribution in [3.63, 3.8) is 0 Å². The van der Waals surface area contributed by atoms with Crippen LogP contribution in [0.5, 0.6) is 0 Å². The van der Waals surface area contributed by atoms with Crippen LogP contribution in [0.25, 0.3) is 0 Å². The number of nitrogens with zero attached hydrogens (tertiary/aromatic N) is 1. The third-order valence-electron chi connectivity index (χ3n) is 3.22. The molecule has 0 atom stereocenters. The van der Waals surface area contributed by atoms with Crippen LogP contribution in [-0.2, 0) is 9.84 Å². The molecule has 0 unspecified atom stereocenters. The average molecular weight is 321 g/mol. The fraction of sp³-hybridized carbons (Fsp3) is 0.500. The number of rotatable bonds is 1. The van der Waals surface area contributed by atoms with E-state index in [1.54, 1.807) is 13.8 Å². The maximum Gasteiger partial charge on any atom is 0.293 e. The minimum atomic E-state index is -2.72. The van der Waals surface area contributed by atoms with Crippen molar-refractivity contribution < 1.29 is 13.3 Å². The van der Waals surface area contributed by atoms with Crippen LogP contribution in [0.1, 0.15) is 26.7 Å². The molecule has 8 heteroatoms. The number of sulfone groups is 1. The number of nitro groups is 1. The molecule has 2 rings (SSSR count). The van der Waals surface area contributed by atoms with Crippen LogP contribution in [0.15, 0.2) is 18.2 Å². The Kier molecular flexibility index (Phi) is 4.99. The zero-order valence-corrected chi connectivity index (χ0v) is 12.9. The van der Waals surface area contributed by atoms with Gasteiger partial charge in [-0.1, -0.05) is 11.6 Å². The van der Waals surface area contributed by atoms with Gasteiger partial charge in [-0.2, -0.15) is 0 Å². The lowest BCUT2D eigenvalue weighted by molar-refractivity contribution is -0.383. The summed E-state index contributed by atoms with van der Waals surface area (Å²) in [5, 5.41) is 10.6. The maximum atomic E-state index is 11.1. The topological polar surface area (TPSA) is 103 Å². The Bertz CT molecular complexity index is 614. The van der Waals surface area contributed by atoms with E-state index in [1.165, 1.54) is 18.2 Å². The molecule has 0 radical (unpaired) electrons. The van der Waals surface area contributed by atoms with Crippen LogP contribution in [0.2, 0.25) is 5.02 Å². The summed E-state index contributed by atoms with van der Waals surface area (Å²) in [4.78, 5) is 9.67. The average Bonchev–Trinajstić information content (AvgIpc) is 2.55. The Hall–Kier alpha value is -1.34. The third-order valence-corrected chi connectivity index (χ3v) is 6.17. The van der Waals surface area contributed by atoms with Crippen molar-refractivity contribution in [2.24, 2.45) is 0 Å². The fourth-order valence-electron chi connectivity index (χ4n) is 1.79. The molecule has 0 amide bonds. The summed E-state index contributed by atoms with van der Waals surface area (Å²) in [6.45, 7) is 3.60. The van der Waals surface area contributed by atoms with Gasteiger partial charge in [-0.3, -0.25) is 10.1 Å². The highest BCUT2D eigenvalue weighted by atomic mass is 35.5. The number of hydrogen-bond donors (Lipinski definition) is 1. The first-order valence-electron chi connectivity index (χ1n) is 5.98. The van der Waals surface area contributed by atoms with Gasteiger partial charge in [0, 0.05) is 11.1 Å². The molecule has 1 aliphatic heterocycles. The van der Waals surface area contributed by atoms with Crippen molar-refractivity contribution in [1.29, 1.82) is 0 Å². The molecule has 0 bridgehead atoms. The highest BCUT2D eigenvalue weighted by Gasteiger charge is 2.38. The molecule has 0 spiro atoms. The van der Waals surface area contributed by atoms with E-state index in [1.807, 2.05) is 0 Å². The summed E-state index contributed by atoms with van der Waals surface area (Å²) in [7, 11) is -2.72. The number of anilines is 1. The summed E-state index contributed by atoms with van der Waals surface area (Å²) in [5.74, 6) is 0.389. The molecule has 20 heavy (non-hydrogen) atoms. The van der Waals surface area contributed by atoms with Crippen LogP contribution in [0, 0.1) is 10.1 Å². The maximum absolute atomic E-state index is 11.1. The van der Waals surface area contributed by atoms with Crippen molar-refractivity contribution in [3.05, 3.63) is 33.3 Å². The Balaban J connectivity index is 0.000000204. The van der Waals surface area contributed by atoms with Gasteiger partial charge < -0.3 is 5.73 Å². The smallest absolute Gasteiger partial charge is 0.293 e. The predicted octanol–water partition coefficient (Wildman–Crippen LogP) is 2.80. The van der Waals surface area contributed by atoms with Gasteiger partial charge in [0.05, 0.1) is 15.4 Å². The SMILES string of the molecule is CC1(C)CCCS1(=O)=O.Nc1ccc(Cl)cc1[N+](=O)[O-]. The van der Waals surface area contributed by atoms with Gasteiger partial charge in [-0.15, -0.1) is 0 Å². The van der Waals surface area contributed by atoms with Crippen LogP contribution in [0.3, 0.4) is 0 Å². The standard InChI is InChI=1S/C6H5ClN2O2.C6H12O2S/c7-4-1-2-5(8)6(3-4)9(10)11;1-6(2)4-3-5-9(6,7)8/h1-3H,8H2;3-5H2,1-2H3. The quantitative estimate of drug-likeness (QED) is 0.487. The van der Waals surface area contributed by atoms with Gasteiger partial charge in [0.2, 0.25) is 0 Å². The van der Waals surface area contributed by atoms with Gasteiger partial charge in [0.1, 0.15) is 5.69 Å². The Morgan fingerprint density at radius 2 is 2.00 bits per heavy atom. The molecular weight excluding hydrogens is 304 g/mol. The minimum Gasteiger partial charge on any atom is -0.393 e. The van der Waals surface area contributed by atoms with E-state index >= 15 is 0 Å². The Morgan fingerprint density at radius 3 is 2.30 bits per heavy atom. The highest BCUT2D eigenvalue weighted by Crippen LogP contribution is 2.30. The number of nitro benzene ring substituents is 1. The summed E-state index contributed by atoms with van der Waals surface area (Å²) in [6.07, 6.45) is 1.67. The molecule has 1 aliphatic rings. The molecule has 1 saturated heterocycles. The van der Waals surface area contributed by atoms with Crippen LogP contribution < -0.4 is 5.73 Å². The molecule has 0 saturated carbocycles.